The molecule has 52 heavy (non-hydrogen) atoms. The number of allylic oxidation sites excluding steroid dienone is 2. The van der Waals surface area contributed by atoms with Gasteiger partial charge in [-0.2, -0.15) is 0 Å². The van der Waals surface area contributed by atoms with Gasteiger partial charge >= 0.3 is 17.9 Å². The van der Waals surface area contributed by atoms with Gasteiger partial charge in [0.15, 0.2) is 6.10 Å². The standard InChI is InChI=1S/C43H81NO8/c1-6-8-10-12-14-16-18-19-20-21-22-23-24-26-28-30-32-34-41(46)52-39(38-51-43(42(47)48)49-36-35-44(3,4)5)37-50-40(45)33-31-29-27-25-17-15-13-11-9-7-2/h19-20,39,43H,6-18,21-38H2,1-5H3/p+1/b20-19-. The summed E-state index contributed by atoms with van der Waals surface area (Å²) in [5, 5.41) is 9.60. The lowest BCUT2D eigenvalue weighted by Gasteiger charge is -2.25. The summed E-state index contributed by atoms with van der Waals surface area (Å²) in [4.78, 5) is 36.9. The van der Waals surface area contributed by atoms with E-state index >= 15 is 0 Å². The van der Waals surface area contributed by atoms with E-state index in [9.17, 15) is 19.5 Å². The molecule has 0 amide bonds. The molecule has 0 spiro atoms. The topological polar surface area (TPSA) is 108 Å². The molecule has 0 saturated carbocycles. The van der Waals surface area contributed by atoms with Crippen molar-refractivity contribution in [1.82, 2.24) is 0 Å². The average Bonchev–Trinajstić information content (AvgIpc) is 3.09. The molecule has 0 radical (unpaired) electrons. The lowest BCUT2D eigenvalue weighted by Crippen LogP contribution is -2.40. The summed E-state index contributed by atoms with van der Waals surface area (Å²) < 4.78 is 22.7. The Kier molecular flexibility index (Phi) is 34.7. The molecule has 0 bridgehead atoms. The molecule has 0 saturated heterocycles. The molecular formula is C43H82NO8+. The van der Waals surface area contributed by atoms with E-state index in [1.165, 1.54) is 109 Å². The molecule has 0 aromatic rings. The summed E-state index contributed by atoms with van der Waals surface area (Å²) in [7, 11) is 5.95. The van der Waals surface area contributed by atoms with Crippen molar-refractivity contribution in [2.45, 2.75) is 200 Å². The Balaban J connectivity index is 4.43. The molecule has 2 unspecified atom stereocenters. The predicted octanol–water partition coefficient (Wildman–Crippen LogP) is 10.7. The second-order valence-electron chi connectivity index (χ2n) is 15.7. The third-order valence-corrected chi connectivity index (χ3v) is 9.27. The maximum absolute atomic E-state index is 12.7. The van der Waals surface area contributed by atoms with Gasteiger partial charge in [-0.05, 0) is 38.5 Å². The van der Waals surface area contributed by atoms with Gasteiger partial charge in [0.25, 0.3) is 6.29 Å². The highest BCUT2D eigenvalue weighted by molar-refractivity contribution is 5.71. The van der Waals surface area contributed by atoms with Crippen LogP contribution in [0.4, 0.5) is 0 Å². The second kappa shape index (κ2) is 36.0. The number of likely N-dealkylation sites (N-methyl/N-ethyl adjacent to an activating group) is 1. The van der Waals surface area contributed by atoms with Crippen LogP contribution in [0, 0.1) is 0 Å². The van der Waals surface area contributed by atoms with Crippen LogP contribution in [0.3, 0.4) is 0 Å². The quantitative estimate of drug-likeness (QED) is 0.0218. The van der Waals surface area contributed by atoms with Crippen LogP contribution in [0.1, 0.15) is 187 Å². The van der Waals surface area contributed by atoms with Crippen molar-refractivity contribution < 1.29 is 42.9 Å². The van der Waals surface area contributed by atoms with E-state index in [1.54, 1.807) is 0 Å². The van der Waals surface area contributed by atoms with Crippen LogP contribution in [0.25, 0.3) is 0 Å². The van der Waals surface area contributed by atoms with Gasteiger partial charge < -0.3 is 28.5 Å². The Morgan fingerprint density at radius 3 is 1.42 bits per heavy atom. The Morgan fingerprint density at radius 1 is 0.558 bits per heavy atom. The predicted molar refractivity (Wildman–Crippen MR) is 212 cm³/mol. The highest BCUT2D eigenvalue weighted by atomic mass is 16.7. The van der Waals surface area contributed by atoms with Crippen LogP contribution in [0.15, 0.2) is 12.2 Å². The van der Waals surface area contributed by atoms with Crippen molar-refractivity contribution in [2.24, 2.45) is 0 Å². The molecule has 306 valence electrons. The molecule has 0 fully saturated rings. The Morgan fingerprint density at radius 2 is 0.981 bits per heavy atom. The number of carbonyl (C=O) groups is 3. The van der Waals surface area contributed by atoms with E-state index < -0.39 is 24.3 Å². The minimum atomic E-state index is -1.50. The number of unbranched alkanes of at least 4 members (excludes halogenated alkanes) is 22. The normalized spacial score (nSPS) is 13.0. The molecule has 0 aliphatic carbocycles. The monoisotopic (exact) mass is 741 g/mol. The lowest BCUT2D eigenvalue weighted by atomic mass is 10.1. The maximum atomic E-state index is 12.7. The van der Waals surface area contributed by atoms with E-state index in [2.05, 4.69) is 26.0 Å². The molecule has 0 aromatic carbocycles. The van der Waals surface area contributed by atoms with Gasteiger partial charge in [0, 0.05) is 12.8 Å². The largest absolute Gasteiger partial charge is 0.477 e. The van der Waals surface area contributed by atoms with Crippen molar-refractivity contribution in [1.29, 1.82) is 0 Å². The zero-order chi connectivity index (χ0) is 38.5. The van der Waals surface area contributed by atoms with Gasteiger partial charge in [-0.15, -0.1) is 0 Å². The van der Waals surface area contributed by atoms with Gasteiger partial charge in [0.1, 0.15) is 13.2 Å². The summed E-state index contributed by atoms with van der Waals surface area (Å²) in [6.45, 7) is 4.85. The number of quaternary nitrogens is 1. The van der Waals surface area contributed by atoms with Gasteiger partial charge in [0.2, 0.25) is 0 Å². The second-order valence-corrected chi connectivity index (χ2v) is 15.7. The SMILES string of the molecule is CCCCCCCC/C=C\CCCCCCCCCC(=O)OC(COC(=O)CCCCCCCCCCCC)COC(OCC[N+](C)(C)C)C(=O)O. The Hall–Kier alpha value is -1.97. The highest BCUT2D eigenvalue weighted by Gasteiger charge is 2.25. The number of esters is 2. The fourth-order valence-corrected chi connectivity index (χ4v) is 5.89. The first-order valence-corrected chi connectivity index (χ1v) is 21.4. The lowest BCUT2D eigenvalue weighted by molar-refractivity contribution is -0.870. The van der Waals surface area contributed by atoms with Crippen LogP contribution in [0.2, 0.25) is 0 Å². The van der Waals surface area contributed by atoms with Crippen LogP contribution in [0.5, 0.6) is 0 Å². The van der Waals surface area contributed by atoms with E-state index in [0.717, 1.165) is 51.4 Å². The molecule has 0 aromatic heterocycles. The van der Waals surface area contributed by atoms with Gasteiger partial charge in [-0.3, -0.25) is 9.59 Å². The van der Waals surface area contributed by atoms with Crippen molar-refractivity contribution >= 4 is 17.9 Å². The van der Waals surface area contributed by atoms with Crippen LogP contribution in [-0.4, -0.2) is 87.4 Å². The molecule has 9 nitrogen and oxygen atoms in total. The zero-order valence-corrected chi connectivity index (χ0v) is 34.5. The third kappa shape index (κ3) is 36.4. The Bertz CT molecular complexity index is 872. The minimum Gasteiger partial charge on any atom is -0.477 e. The first kappa shape index (κ1) is 50.0. The summed E-state index contributed by atoms with van der Waals surface area (Å²) >= 11 is 0. The number of ether oxygens (including phenoxy) is 4. The van der Waals surface area contributed by atoms with E-state index in [4.69, 9.17) is 18.9 Å². The molecule has 0 aliphatic heterocycles. The summed E-state index contributed by atoms with van der Waals surface area (Å²) in [5.41, 5.74) is 0. The number of rotatable bonds is 39. The van der Waals surface area contributed by atoms with Crippen LogP contribution < -0.4 is 0 Å². The van der Waals surface area contributed by atoms with Crippen molar-refractivity contribution in [3.05, 3.63) is 12.2 Å². The number of nitrogens with zero attached hydrogens (tertiary/aromatic N) is 1. The highest BCUT2D eigenvalue weighted by Crippen LogP contribution is 2.14. The number of hydrogen-bond donors (Lipinski definition) is 1. The third-order valence-electron chi connectivity index (χ3n) is 9.27. The molecule has 2 atom stereocenters. The maximum Gasteiger partial charge on any atom is 0.361 e. The summed E-state index contributed by atoms with van der Waals surface area (Å²) in [5.74, 6) is -2.01. The van der Waals surface area contributed by atoms with E-state index in [-0.39, 0.29) is 32.2 Å². The first-order chi connectivity index (χ1) is 25.1. The summed E-state index contributed by atoms with van der Waals surface area (Å²) in [6.07, 6.45) is 32.7. The fraction of sp³-hybridized carbons (Fsp3) is 0.884. The number of hydrogen-bond acceptors (Lipinski definition) is 7. The number of carboxylic acid groups (broad SMARTS) is 1. The molecule has 0 rings (SSSR count). The fourth-order valence-electron chi connectivity index (χ4n) is 5.89. The molecular weight excluding hydrogens is 658 g/mol. The number of aliphatic carboxylic acids is 1. The molecule has 0 aliphatic rings. The first-order valence-electron chi connectivity index (χ1n) is 21.4. The van der Waals surface area contributed by atoms with Crippen molar-refractivity contribution in [3.63, 3.8) is 0 Å². The smallest absolute Gasteiger partial charge is 0.361 e. The Labute approximate surface area is 319 Å². The van der Waals surface area contributed by atoms with E-state index in [1.807, 2.05) is 21.1 Å². The molecule has 1 N–H and O–H groups in total. The summed E-state index contributed by atoms with van der Waals surface area (Å²) in [6, 6.07) is 0. The van der Waals surface area contributed by atoms with Crippen molar-refractivity contribution in [2.75, 3.05) is 47.5 Å². The van der Waals surface area contributed by atoms with Crippen LogP contribution >= 0.6 is 0 Å². The number of carboxylic acids is 1. The molecule has 9 heteroatoms. The van der Waals surface area contributed by atoms with Gasteiger partial charge in [-0.25, -0.2) is 4.79 Å². The van der Waals surface area contributed by atoms with Gasteiger partial charge in [-0.1, -0.05) is 148 Å². The van der Waals surface area contributed by atoms with Crippen LogP contribution in [-0.2, 0) is 33.3 Å². The number of carbonyl (C=O) groups excluding carboxylic acids is 2. The van der Waals surface area contributed by atoms with Gasteiger partial charge in [0.05, 0.1) is 34.4 Å². The van der Waals surface area contributed by atoms with E-state index in [0.29, 0.717) is 17.4 Å². The zero-order valence-electron chi connectivity index (χ0n) is 34.5. The minimum absolute atomic E-state index is 0.179. The average molecular weight is 741 g/mol. The molecule has 0 heterocycles. The van der Waals surface area contributed by atoms with Crippen molar-refractivity contribution in [3.8, 4) is 0 Å².